The van der Waals surface area contributed by atoms with Crippen molar-refractivity contribution in [2.75, 3.05) is 13.7 Å². The highest BCUT2D eigenvalue weighted by atomic mass is 16.5. The summed E-state index contributed by atoms with van der Waals surface area (Å²) in [6.07, 6.45) is 2.03. The van der Waals surface area contributed by atoms with E-state index in [1.807, 2.05) is 63.2 Å². The van der Waals surface area contributed by atoms with Gasteiger partial charge in [0.25, 0.3) is 0 Å². The monoisotopic (exact) mass is 597 g/mol. The minimum Gasteiger partial charge on any atom is -0.496 e. The topological polar surface area (TPSA) is 191 Å². The second kappa shape index (κ2) is 14.5. The summed E-state index contributed by atoms with van der Waals surface area (Å²) in [7, 11) is 1.56. The molecule has 0 saturated carbocycles. The van der Waals surface area contributed by atoms with Gasteiger partial charge in [-0.25, -0.2) is 0 Å². The van der Waals surface area contributed by atoms with Crippen LogP contribution < -0.4 is 21.9 Å². The van der Waals surface area contributed by atoms with Gasteiger partial charge in [0.1, 0.15) is 5.75 Å². The molecular formula is C32H39N9O3. The van der Waals surface area contributed by atoms with Crippen molar-refractivity contribution in [3.8, 4) is 17.1 Å². The molecule has 4 rings (SSSR count). The maximum absolute atomic E-state index is 14.1. The highest BCUT2D eigenvalue weighted by molar-refractivity contribution is 5.93. The number of hydrogen-bond donors (Lipinski definition) is 4. The fourth-order valence-electron chi connectivity index (χ4n) is 5.17. The molecule has 0 saturated heterocycles. The van der Waals surface area contributed by atoms with E-state index in [1.54, 1.807) is 36.4 Å². The molecule has 0 aliphatic carbocycles. The van der Waals surface area contributed by atoms with E-state index in [0.717, 1.165) is 27.8 Å². The second-order valence-corrected chi connectivity index (χ2v) is 10.7. The number of carbonyl (C=O) groups is 2. The molecule has 2 amide bonds. The Balaban J connectivity index is 1.66. The molecule has 1 unspecified atom stereocenters. The summed E-state index contributed by atoms with van der Waals surface area (Å²) in [5.74, 6) is 0.168. The summed E-state index contributed by atoms with van der Waals surface area (Å²) in [5, 5.41) is 14.3. The lowest BCUT2D eigenvalue weighted by molar-refractivity contribution is -0.134. The third-order valence-corrected chi connectivity index (χ3v) is 7.59. The molecule has 1 heterocycles. The fourth-order valence-corrected chi connectivity index (χ4v) is 5.17. The van der Waals surface area contributed by atoms with E-state index < -0.39 is 18.0 Å². The number of nitrogens with one attached hydrogen (secondary N) is 1. The van der Waals surface area contributed by atoms with Gasteiger partial charge in [-0.2, -0.15) is 5.21 Å². The number of carbonyl (C=O) groups excluding carboxylic acids is 2. The Kier molecular flexibility index (Phi) is 10.5. The van der Waals surface area contributed by atoms with Crippen LogP contribution >= 0.6 is 0 Å². The smallest absolute Gasteiger partial charge is 0.248 e. The third-order valence-electron chi connectivity index (χ3n) is 7.59. The summed E-state index contributed by atoms with van der Waals surface area (Å²) in [6.45, 7) is 6.20. The average molecular weight is 598 g/mol. The van der Waals surface area contributed by atoms with Crippen molar-refractivity contribution in [1.29, 1.82) is 0 Å². The highest BCUT2D eigenvalue weighted by Gasteiger charge is 2.27. The summed E-state index contributed by atoms with van der Waals surface area (Å²) < 4.78 is 5.51. The van der Waals surface area contributed by atoms with Crippen molar-refractivity contribution in [2.24, 2.45) is 22.2 Å². The highest BCUT2D eigenvalue weighted by Crippen LogP contribution is 2.29. The maximum Gasteiger partial charge on any atom is 0.248 e. The number of rotatable bonds is 13. The van der Waals surface area contributed by atoms with Gasteiger partial charge in [0.05, 0.1) is 30.8 Å². The van der Waals surface area contributed by atoms with E-state index in [9.17, 15) is 9.59 Å². The first-order valence-electron chi connectivity index (χ1n) is 14.3. The maximum atomic E-state index is 14.1. The summed E-state index contributed by atoms with van der Waals surface area (Å²) in [6, 6.07) is 17.2. The van der Waals surface area contributed by atoms with Gasteiger partial charge in [-0.15, -0.1) is 10.2 Å². The molecular weight excluding hydrogens is 558 g/mol. The number of aryl methyl sites for hydroxylation is 2. The molecule has 0 aliphatic heterocycles. The van der Waals surface area contributed by atoms with E-state index in [0.29, 0.717) is 29.2 Å². The average Bonchev–Trinajstić information content (AvgIpc) is 3.57. The first-order chi connectivity index (χ1) is 21.1. The van der Waals surface area contributed by atoms with Crippen LogP contribution in [0.2, 0.25) is 0 Å². The molecule has 12 nitrogen and oxygen atoms in total. The van der Waals surface area contributed by atoms with Crippen molar-refractivity contribution in [1.82, 2.24) is 25.5 Å². The number of benzene rings is 3. The molecule has 4 aromatic rings. The van der Waals surface area contributed by atoms with Gasteiger partial charge in [-0.1, -0.05) is 36.4 Å². The normalized spacial score (nSPS) is 13.4. The van der Waals surface area contributed by atoms with Crippen LogP contribution in [0.1, 0.15) is 51.1 Å². The third kappa shape index (κ3) is 7.52. The van der Waals surface area contributed by atoms with Gasteiger partial charge in [0.2, 0.25) is 17.6 Å². The predicted molar refractivity (Wildman–Crippen MR) is 169 cm³/mol. The van der Waals surface area contributed by atoms with Crippen LogP contribution in [0.3, 0.4) is 0 Å². The zero-order valence-electron chi connectivity index (χ0n) is 25.4. The van der Waals surface area contributed by atoms with Crippen molar-refractivity contribution in [3.63, 3.8) is 0 Å². The molecule has 0 bridgehead atoms. The van der Waals surface area contributed by atoms with Crippen LogP contribution in [0.25, 0.3) is 11.4 Å². The molecule has 0 fully saturated rings. The van der Waals surface area contributed by atoms with Crippen LogP contribution in [-0.4, -0.2) is 69.3 Å². The van der Waals surface area contributed by atoms with Gasteiger partial charge in [-0.05, 0) is 84.5 Å². The lowest BCUT2D eigenvalue weighted by atomic mass is 9.93. The molecule has 0 spiro atoms. The number of nitrogens with zero attached hydrogens (tertiary/aromatic N) is 5. The minimum atomic E-state index is -0.864. The van der Waals surface area contributed by atoms with Gasteiger partial charge >= 0.3 is 0 Å². The zero-order valence-corrected chi connectivity index (χ0v) is 25.4. The van der Waals surface area contributed by atoms with E-state index in [1.165, 1.54) is 0 Å². The van der Waals surface area contributed by atoms with Crippen LogP contribution in [0.15, 0.2) is 65.7 Å². The molecule has 0 radical (unpaired) electrons. The zero-order chi connectivity index (χ0) is 31.8. The van der Waals surface area contributed by atoms with Crippen LogP contribution in [0.4, 0.5) is 0 Å². The van der Waals surface area contributed by atoms with E-state index in [2.05, 4.69) is 20.6 Å². The Labute approximate surface area is 256 Å². The number of methoxy groups -OCH3 is 1. The summed E-state index contributed by atoms with van der Waals surface area (Å²) >= 11 is 0. The lowest BCUT2D eigenvalue weighted by Gasteiger charge is -2.30. The van der Waals surface area contributed by atoms with Gasteiger partial charge in [0.15, 0.2) is 0 Å². The quantitative estimate of drug-likeness (QED) is 0.169. The van der Waals surface area contributed by atoms with Crippen molar-refractivity contribution in [2.45, 2.75) is 51.9 Å². The molecule has 12 heteroatoms. The Bertz CT molecular complexity index is 1580. The Morgan fingerprint density at radius 2 is 1.80 bits per heavy atom. The number of aromatic nitrogens is 4. The van der Waals surface area contributed by atoms with E-state index in [4.69, 9.17) is 26.9 Å². The van der Waals surface area contributed by atoms with Crippen molar-refractivity contribution >= 4 is 18.0 Å². The van der Waals surface area contributed by atoms with Crippen LogP contribution in [0.5, 0.6) is 5.75 Å². The number of hydrogen-bond acceptors (Lipinski definition) is 9. The van der Waals surface area contributed by atoms with Gasteiger partial charge in [0, 0.05) is 24.9 Å². The standard InChI is InChI=1S/C32H39N9O3/c1-19-12-24(30(35)42)13-20(2)25(19)15-27(34)32(43)41(21(3)17-36-28(16-33)23-8-6-5-7-9-23)18-22-10-11-29(44-4)26(14-22)31-37-39-40-38-31/h5-14,17,21,27-28H,15-16,18,33-34H2,1-4H3,(H2,35,42)(H,37,38,39,40)/t21-,27-,28?/m0/s1. The van der Waals surface area contributed by atoms with E-state index >= 15 is 0 Å². The second-order valence-electron chi connectivity index (χ2n) is 10.7. The predicted octanol–water partition coefficient (Wildman–Crippen LogP) is 2.65. The number of aromatic amines is 1. The molecule has 44 heavy (non-hydrogen) atoms. The molecule has 3 atom stereocenters. The Hall–Kier alpha value is -4.94. The van der Waals surface area contributed by atoms with Crippen molar-refractivity contribution in [3.05, 3.63) is 94.0 Å². The number of nitrogens with two attached hydrogens (primary N) is 3. The van der Waals surface area contributed by atoms with Gasteiger partial charge in [-0.3, -0.25) is 14.6 Å². The molecule has 3 aromatic carbocycles. The number of tetrazole rings is 1. The summed E-state index contributed by atoms with van der Waals surface area (Å²) in [4.78, 5) is 32.3. The molecule has 0 aliphatic rings. The lowest BCUT2D eigenvalue weighted by Crippen LogP contribution is -2.49. The van der Waals surface area contributed by atoms with Crippen LogP contribution in [0, 0.1) is 13.8 Å². The van der Waals surface area contributed by atoms with Crippen molar-refractivity contribution < 1.29 is 14.3 Å². The summed E-state index contributed by atoms with van der Waals surface area (Å²) in [5.41, 5.74) is 23.6. The minimum absolute atomic E-state index is 0.228. The first kappa shape index (κ1) is 32.0. The largest absolute Gasteiger partial charge is 0.496 e. The fraction of sp³-hybridized carbons (Fsp3) is 0.312. The Morgan fingerprint density at radius 1 is 1.09 bits per heavy atom. The van der Waals surface area contributed by atoms with Crippen LogP contribution in [-0.2, 0) is 17.8 Å². The number of amides is 2. The van der Waals surface area contributed by atoms with Gasteiger partial charge < -0.3 is 26.8 Å². The number of H-pyrrole nitrogens is 1. The molecule has 230 valence electrons. The SMILES string of the molecule is COc1ccc(CN(C(=O)[C@@H](N)Cc2c(C)cc(C(N)=O)cc2C)[C@@H](C)C=NC(CN)c2ccccc2)cc1-c1nn[nH]n1. The number of ether oxygens (including phenoxy) is 1. The van der Waals surface area contributed by atoms with E-state index in [-0.39, 0.29) is 24.9 Å². The number of primary amides is 1. The molecule has 1 aromatic heterocycles. The Morgan fingerprint density at radius 3 is 2.39 bits per heavy atom. The molecule has 7 N–H and O–H groups in total. The number of aliphatic imine (C=N–C) groups is 1. The first-order valence-corrected chi connectivity index (χ1v) is 14.3.